The Morgan fingerprint density at radius 2 is 1.88 bits per heavy atom. The van der Waals surface area contributed by atoms with Gasteiger partial charge in [-0.15, -0.1) is 5.10 Å². The number of benzene rings is 2. The van der Waals surface area contributed by atoms with Gasteiger partial charge in [0.05, 0.1) is 16.9 Å². The van der Waals surface area contributed by atoms with Crippen molar-refractivity contribution < 1.29 is 14.0 Å². The molecule has 0 saturated heterocycles. The maximum atomic E-state index is 12.2. The number of oxazole rings is 1. The zero-order valence-electron chi connectivity index (χ0n) is 16.3. The van der Waals surface area contributed by atoms with E-state index in [9.17, 15) is 9.59 Å². The molecule has 2 heterocycles. The molecule has 2 amide bonds. The predicted octanol–water partition coefficient (Wildman–Crippen LogP) is 3.02. The van der Waals surface area contributed by atoms with Crippen LogP contribution in [0.1, 0.15) is 22.7 Å². The van der Waals surface area contributed by atoms with Crippen molar-refractivity contribution >= 4 is 35.0 Å². The molecule has 0 aliphatic rings. The summed E-state index contributed by atoms with van der Waals surface area (Å²) in [5, 5.41) is 11.8. The summed E-state index contributed by atoms with van der Waals surface area (Å²) in [5.74, 6) is -0.0171. The smallest absolute Gasteiger partial charge is 0.269 e. The molecule has 0 spiro atoms. The highest BCUT2D eigenvalue weighted by molar-refractivity contribution is 6.36. The largest absolute Gasteiger partial charge is 0.441 e. The Hall–Kier alpha value is -3.76. The average molecular weight is 472 g/mol. The van der Waals surface area contributed by atoms with Crippen LogP contribution in [-0.4, -0.2) is 37.0 Å². The van der Waals surface area contributed by atoms with Crippen LogP contribution in [0.5, 0.6) is 0 Å². The first-order valence-electron chi connectivity index (χ1n) is 9.32. The Kier molecular flexibility index (Phi) is 6.43. The van der Waals surface area contributed by atoms with Crippen LogP contribution in [0.15, 0.2) is 59.4 Å². The normalized spacial score (nSPS) is 10.7. The van der Waals surface area contributed by atoms with Gasteiger partial charge in [-0.3, -0.25) is 20.4 Å². The number of nitrogens with zero attached hydrogens (tertiary/aromatic N) is 5. The number of aryl methyl sites for hydroxylation is 1. The third-order valence-electron chi connectivity index (χ3n) is 4.37. The molecule has 0 fully saturated rings. The minimum Gasteiger partial charge on any atom is -0.441 e. The first kappa shape index (κ1) is 21.5. The Morgan fingerprint density at radius 1 is 1.06 bits per heavy atom. The van der Waals surface area contributed by atoms with E-state index in [0.717, 1.165) is 0 Å². The molecule has 0 aliphatic carbocycles. The first-order valence-corrected chi connectivity index (χ1v) is 10.1. The number of halogens is 2. The van der Waals surface area contributed by atoms with Crippen molar-refractivity contribution in [3.63, 3.8) is 0 Å². The third kappa shape index (κ3) is 5.10. The molecular formula is C20H15Cl2N7O3. The van der Waals surface area contributed by atoms with Crippen LogP contribution in [-0.2, 0) is 11.2 Å². The second kappa shape index (κ2) is 9.58. The summed E-state index contributed by atoms with van der Waals surface area (Å²) in [6, 6.07) is 11.6. The van der Waals surface area contributed by atoms with Crippen LogP contribution in [0.25, 0.3) is 17.0 Å². The molecule has 2 aromatic heterocycles. The van der Waals surface area contributed by atoms with Crippen molar-refractivity contribution in [1.29, 1.82) is 0 Å². The number of hydrazine groups is 1. The molecule has 0 saturated carbocycles. The lowest BCUT2D eigenvalue weighted by molar-refractivity contribution is -0.121. The minimum absolute atomic E-state index is 0.0623. The number of hydrogen-bond acceptors (Lipinski definition) is 7. The highest BCUT2D eigenvalue weighted by atomic mass is 35.5. The van der Waals surface area contributed by atoms with Crippen molar-refractivity contribution in [2.45, 2.75) is 12.8 Å². The van der Waals surface area contributed by atoms with Crippen LogP contribution in [0.4, 0.5) is 0 Å². The summed E-state index contributed by atoms with van der Waals surface area (Å²) < 4.78 is 7.11. The highest BCUT2D eigenvalue weighted by Crippen LogP contribution is 2.30. The second-order valence-electron chi connectivity index (χ2n) is 6.55. The number of carbonyl (C=O) groups excluding carboxylic acids is 2. The Morgan fingerprint density at radius 3 is 2.59 bits per heavy atom. The van der Waals surface area contributed by atoms with Crippen LogP contribution >= 0.6 is 23.2 Å². The molecule has 0 aliphatic heterocycles. The van der Waals surface area contributed by atoms with E-state index < -0.39 is 11.8 Å². The molecule has 0 atom stereocenters. The van der Waals surface area contributed by atoms with Gasteiger partial charge in [-0.1, -0.05) is 23.2 Å². The number of carbonyl (C=O) groups is 2. The van der Waals surface area contributed by atoms with E-state index >= 15 is 0 Å². The van der Waals surface area contributed by atoms with E-state index in [1.165, 1.54) is 17.2 Å². The van der Waals surface area contributed by atoms with Gasteiger partial charge in [0, 0.05) is 29.0 Å². The van der Waals surface area contributed by atoms with Crippen LogP contribution < -0.4 is 10.9 Å². The Balaban J connectivity index is 1.26. The van der Waals surface area contributed by atoms with Gasteiger partial charge in [0.15, 0.2) is 11.7 Å². The Labute approximate surface area is 191 Å². The van der Waals surface area contributed by atoms with Gasteiger partial charge in [-0.25, -0.2) is 9.67 Å². The number of hydrogen-bond donors (Lipinski definition) is 2. The summed E-state index contributed by atoms with van der Waals surface area (Å²) >= 11 is 12.1. The lowest BCUT2D eigenvalue weighted by Crippen LogP contribution is -2.41. The van der Waals surface area contributed by atoms with Gasteiger partial charge in [0.2, 0.25) is 5.91 Å². The molecule has 0 bridgehead atoms. The van der Waals surface area contributed by atoms with Gasteiger partial charge in [0.1, 0.15) is 6.33 Å². The summed E-state index contributed by atoms with van der Waals surface area (Å²) in [6.45, 7) is 0. The molecule has 162 valence electrons. The van der Waals surface area contributed by atoms with Crippen molar-refractivity contribution in [1.82, 2.24) is 36.0 Å². The molecule has 10 nitrogen and oxygen atoms in total. The fourth-order valence-electron chi connectivity index (χ4n) is 2.77. The van der Waals surface area contributed by atoms with E-state index in [1.54, 1.807) is 42.5 Å². The molecule has 4 rings (SSSR count). The molecule has 2 aromatic carbocycles. The van der Waals surface area contributed by atoms with Gasteiger partial charge < -0.3 is 4.42 Å². The molecular weight excluding hydrogens is 457 g/mol. The van der Waals surface area contributed by atoms with E-state index in [2.05, 4.69) is 31.4 Å². The quantitative estimate of drug-likeness (QED) is 0.413. The monoisotopic (exact) mass is 471 g/mol. The number of rotatable bonds is 6. The molecule has 4 aromatic rings. The lowest BCUT2D eigenvalue weighted by Gasteiger charge is -2.07. The predicted molar refractivity (Wildman–Crippen MR) is 115 cm³/mol. The molecule has 0 radical (unpaired) electrons. The summed E-state index contributed by atoms with van der Waals surface area (Å²) in [6.07, 6.45) is 3.28. The summed E-state index contributed by atoms with van der Waals surface area (Å²) in [4.78, 5) is 28.4. The Bertz CT molecular complexity index is 1240. The van der Waals surface area contributed by atoms with Gasteiger partial charge >= 0.3 is 0 Å². The van der Waals surface area contributed by atoms with Gasteiger partial charge in [-0.2, -0.15) is 0 Å². The van der Waals surface area contributed by atoms with Crippen LogP contribution in [0.2, 0.25) is 10.0 Å². The maximum Gasteiger partial charge on any atom is 0.269 e. The number of amides is 2. The fraction of sp³-hybridized carbons (Fsp3) is 0.100. The van der Waals surface area contributed by atoms with Crippen LogP contribution in [0, 0.1) is 0 Å². The zero-order chi connectivity index (χ0) is 22.5. The van der Waals surface area contributed by atoms with Crippen molar-refractivity contribution in [3.05, 3.63) is 76.5 Å². The van der Waals surface area contributed by atoms with Crippen LogP contribution in [0.3, 0.4) is 0 Å². The van der Waals surface area contributed by atoms with E-state index in [-0.39, 0.29) is 12.8 Å². The van der Waals surface area contributed by atoms with E-state index in [0.29, 0.717) is 38.5 Å². The number of aromatic nitrogens is 5. The first-order chi connectivity index (χ1) is 15.5. The molecule has 0 unspecified atom stereocenters. The third-order valence-corrected chi connectivity index (χ3v) is 4.92. The lowest BCUT2D eigenvalue weighted by atomic mass is 10.2. The summed E-state index contributed by atoms with van der Waals surface area (Å²) in [7, 11) is 0. The summed E-state index contributed by atoms with van der Waals surface area (Å²) in [5.41, 5.74) is 6.44. The van der Waals surface area contributed by atoms with Gasteiger partial charge in [0.25, 0.3) is 5.91 Å². The topological polar surface area (TPSA) is 128 Å². The highest BCUT2D eigenvalue weighted by Gasteiger charge is 2.13. The fourth-order valence-corrected chi connectivity index (χ4v) is 3.27. The maximum absolute atomic E-state index is 12.2. The van der Waals surface area contributed by atoms with Gasteiger partial charge in [-0.05, 0) is 52.9 Å². The number of tetrazole rings is 1. The minimum atomic E-state index is -0.461. The second-order valence-corrected chi connectivity index (χ2v) is 7.39. The molecule has 32 heavy (non-hydrogen) atoms. The molecule has 2 N–H and O–H groups in total. The molecule has 12 heteroatoms. The number of nitrogens with one attached hydrogen (secondary N) is 2. The van der Waals surface area contributed by atoms with E-state index in [1.807, 2.05) is 0 Å². The van der Waals surface area contributed by atoms with Crippen molar-refractivity contribution in [3.8, 4) is 17.0 Å². The SMILES string of the molecule is O=C(CCc1ncc(-c2ccc(Cl)cc2Cl)o1)NNC(=O)c1ccc(-n2cnnn2)cc1. The van der Waals surface area contributed by atoms with Crippen molar-refractivity contribution in [2.75, 3.05) is 0 Å². The standard InChI is InChI=1S/C20H15Cl2N7O3/c21-13-3-6-15(16(22)9-13)17-10-23-19(32-17)8-7-18(30)25-26-20(31)12-1-4-14(5-2-12)29-11-24-27-28-29/h1-6,9-11H,7-8H2,(H,25,30)(H,26,31). The van der Waals surface area contributed by atoms with Crippen molar-refractivity contribution in [2.24, 2.45) is 0 Å². The van der Waals surface area contributed by atoms with E-state index in [4.69, 9.17) is 27.6 Å². The average Bonchev–Trinajstić information content (AvgIpc) is 3.49. The zero-order valence-corrected chi connectivity index (χ0v) is 17.8.